The van der Waals surface area contributed by atoms with Crippen molar-refractivity contribution in [2.45, 2.75) is 25.8 Å². The van der Waals surface area contributed by atoms with Crippen molar-refractivity contribution in [2.75, 3.05) is 39.0 Å². The monoisotopic (exact) mass is 283 g/mol. The third-order valence-corrected chi connectivity index (χ3v) is 4.38. The maximum absolute atomic E-state index is 12.5. The highest BCUT2D eigenvalue weighted by Crippen LogP contribution is 2.20. The van der Waals surface area contributed by atoms with Gasteiger partial charge in [-0.2, -0.15) is 0 Å². The Bertz CT molecular complexity index is 436. The number of rotatable bonds is 3. The fraction of sp³-hybridized carbons (Fsp3) is 0.750. The first kappa shape index (κ1) is 14.2. The molecule has 106 valence electrons. The van der Waals surface area contributed by atoms with Gasteiger partial charge in [-0.25, -0.2) is 0 Å². The Morgan fingerprint density at radius 3 is 2.89 bits per heavy atom. The average molecular weight is 283 g/mol. The number of carbonyl (C=O) groups is 1. The summed E-state index contributed by atoms with van der Waals surface area (Å²) in [4.78, 5) is 16.8. The van der Waals surface area contributed by atoms with Crippen LogP contribution < -0.4 is 5.32 Å². The standard InChI is InChI=1S/C12H21N5OS/c1-4-9-8-16(3)6-5-7-17(9)11(18)10-14-15-12(13-2)19-10/h9H,4-8H2,1-3H3,(H,13,15). The third kappa shape index (κ3) is 3.22. The summed E-state index contributed by atoms with van der Waals surface area (Å²) in [5.74, 6) is 0.0150. The van der Waals surface area contributed by atoms with E-state index >= 15 is 0 Å². The Balaban J connectivity index is 2.15. The minimum atomic E-state index is 0.0150. The zero-order valence-electron chi connectivity index (χ0n) is 11.7. The van der Waals surface area contributed by atoms with E-state index in [0.717, 1.165) is 32.5 Å². The molecule has 19 heavy (non-hydrogen) atoms. The van der Waals surface area contributed by atoms with E-state index in [1.807, 2.05) is 4.90 Å². The van der Waals surface area contributed by atoms with Gasteiger partial charge in [0.05, 0.1) is 0 Å². The van der Waals surface area contributed by atoms with Gasteiger partial charge >= 0.3 is 0 Å². The van der Waals surface area contributed by atoms with Gasteiger partial charge in [-0.15, -0.1) is 10.2 Å². The normalized spacial score (nSPS) is 21.2. The summed E-state index contributed by atoms with van der Waals surface area (Å²) >= 11 is 1.32. The lowest BCUT2D eigenvalue weighted by Crippen LogP contribution is -2.43. The summed E-state index contributed by atoms with van der Waals surface area (Å²) in [5, 5.41) is 12.0. The van der Waals surface area contributed by atoms with Gasteiger partial charge in [-0.05, 0) is 26.4 Å². The molecule has 2 heterocycles. The van der Waals surface area contributed by atoms with Gasteiger partial charge < -0.3 is 15.1 Å². The molecule has 0 saturated carbocycles. The fourth-order valence-corrected chi connectivity index (χ4v) is 3.05. The molecule has 2 rings (SSSR count). The molecule has 1 aliphatic heterocycles. The Morgan fingerprint density at radius 1 is 1.47 bits per heavy atom. The molecular weight excluding hydrogens is 262 g/mol. The molecule has 0 aliphatic carbocycles. The highest BCUT2D eigenvalue weighted by Gasteiger charge is 2.28. The van der Waals surface area contributed by atoms with E-state index < -0.39 is 0 Å². The minimum absolute atomic E-state index is 0.0150. The van der Waals surface area contributed by atoms with E-state index in [4.69, 9.17) is 0 Å². The lowest BCUT2D eigenvalue weighted by molar-refractivity contribution is 0.0674. The molecule has 0 radical (unpaired) electrons. The molecule has 1 aromatic rings. The zero-order valence-corrected chi connectivity index (χ0v) is 12.5. The van der Waals surface area contributed by atoms with Crippen molar-refractivity contribution in [1.82, 2.24) is 20.0 Å². The van der Waals surface area contributed by atoms with Crippen LogP contribution in [0, 0.1) is 0 Å². The molecular formula is C12H21N5OS. The molecule has 1 aromatic heterocycles. The second-order valence-corrected chi connectivity index (χ2v) is 5.82. The molecule has 1 fully saturated rings. The zero-order chi connectivity index (χ0) is 13.8. The summed E-state index contributed by atoms with van der Waals surface area (Å²) in [7, 11) is 3.89. The lowest BCUT2D eigenvalue weighted by Gasteiger charge is -2.29. The molecule has 1 N–H and O–H groups in total. The quantitative estimate of drug-likeness (QED) is 0.901. The van der Waals surface area contributed by atoms with Crippen LogP contribution in [-0.4, -0.2) is 65.7 Å². The van der Waals surface area contributed by atoms with Crippen molar-refractivity contribution in [1.29, 1.82) is 0 Å². The highest BCUT2D eigenvalue weighted by atomic mass is 32.1. The van der Waals surface area contributed by atoms with Crippen molar-refractivity contribution >= 4 is 22.4 Å². The van der Waals surface area contributed by atoms with Gasteiger partial charge in [0.2, 0.25) is 10.1 Å². The number of anilines is 1. The first-order valence-corrected chi connectivity index (χ1v) is 7.48. The number of hydrogen-bond acceptors (Lipinski definition) is 6. The second kappa shape index (κ2) is 6.29. The molecule has 6 nitrogen and oxygen atoms in total. The van der Waals surface area contributed by atoms with Crippen LogP contribution in [0.1, 0.15) is 29.6 Å². The average Bonchev–Trinajstić information content (AvgIpc) is 2.81. The van der Waals surface area contributed by atoms with E-state index in [1.165, 1.54) is 11.3 Å². The van der Waals surface area contributed by atoms with Crippen LogP contribution in [0.4, 0.5) is 5.13 Å². The number of nitrogens with zero attached hydrogens (tertiary/aromatic N) is 4. The number of aromatic nitrogens is 2. The fourth-order valence-electron chi connectivity index (χ4n) is 2.39. The Hall–Kier alpha value is -1.21. The molecule has 1 saturated heterocycles. The van der Waals surface area contributed by atoms with Crippen molar-refractivity contribution < 1.29 is 4.79 Å². The van der Waals surface area contributed by atoms with E-state index in [0.29, 0.717) is 10.1 Å². The van der Waals surface area contributed by atoms with Crippen LogP contribution in [0.5, 0.6) is 0 Å². The maximum atomic E-state index is 12.5. The SMILES string of the molecule is CCC1CN(C)CCCN1C(=O)c1nnc(NC)s1. The smallest absolute Gasteiger partial charge is 0.285 e. The number of amides is 1. The summed E-state index contributed by atoms with van der Waals surface area (Å²) in [6.07, 6.45) is 1.98. The maximum Gasteiger partial charge on any atom is 0.285 e. The van der Waals surface area contributed by atoms with Crippen LogP contribution in [-0.2, 0) is 0 Å². The van der Waals surface area contributed by atoms with Gasteiger partial charge in [0, 0.05) is 26.2 Å². The largest absolute Gasteiger partial charge is 0.363 e. The number of carbonyl (C=O) groups excluding carboxylic acids is 1. The van der Waals surface area contributed by atoms with Crippen molar-refractivity contribution in [3.63, 3.8) is 0 Å². The summed E-state index contributed by atoms with van der Waals surface area (Å²) < 4.78 is 0. The van der Waals surface area contributed by atoms with E-state index in [2.05, 4.69) is 34.4 Å². The summed E-state index contributed by atoms with van der Waals surface area (Å²) in [6.45, 7) is 4.90. The van der Waals surface area contributed by atoms with E-state index in [9.17, 15) is 4.79 Å². The topological polar surface area (TPSA) is 61.4 Å². The number of hydrogen-bond donors (Lipinski definition) is 1. The van der Waals surface area contributed by atoms with Crippen LogP contribution in [0.25, 0.3) is 0 Å². The molecule has 0 spiro atoms. The van der Waals surface area contributed by atoms with E-state index in [1.54, 1.807) is 7.05 Å². The van der Waals surface area contributed by atoms with Crippen molar-refractivity contribution in [3.05, 3.63) is 5.01 Å². The van der Waals surface area contributed by atoms with Crippen LogP contribution in [0.2, 0.25) is 0 Å². The summed E-state index contributed by atoms with van der Waals surface area (Å²) in [6, 6.07) is 0.266. The van der Waals surface area contributed by atoms with Gasteiger partial charge in [0.25, 0.3) is 5.91 Å². The molecule has 1 aliphatic rings. The Morgan fingerprint density at radius 2 is 2.26 bits per heavy atom. The highest BCUT2D eigenvalue weighted by molar-refractivity contribution is 7.17. The first-order valence-electron chi connectivity index (χ1n) is 6.66. The first-order chi connectivity index (χ1) is 9.15. The van der Waals surface area contributed by atoms with Crippen molar-refractivity contribution in [3.8, 4) is 0 Å². The Labute approximate surface area is 117 Å². The Kier molecular flexibility index (Phi) is 4.71. The van der Waals surface area contributed by atoms with Gasteiger partial charge in [-0.1, -0.05) is 18.3 Å². The predicted molar refractivity (Wildman–Crippen MR) is 76.7 cm³/mol. The van der Waals surface area contributed by atoms with Gasteiger partial charge in [0.15, 0.2) is 0 Å². The third-order valence-electron chi connectivity index (χ3n) is 3.46. The minimum Gasteiger partial charge on any atom is -0.363 e. The van der Waals surface area contributed by atoms with Crippen LogP contribution in [0.3, 0.4) is 0 Å². The lowest BCUT2D eigenvalue weighted by atomic mass is 10.2. The van der Waals surface area contributed by atoms with E-state index in [-0.39, 0.29) is 11.9 Å². The second-order valence-electron chi connectivity index (χ2n) is 4.84. The number of likely N-dealkylation sites (N-methyl/N-ethyl adjacent to an activating group) is 1. The van der Waals surface area contributed by atoms with Gasteiger partial charge in [0.1, 0.15) is 0 Å². The molecule has 0 aromatic carbocycles. The molecule has 0 bridgehead atoms. The molecule has 1 amide bonds. The molecule has 1 unspecified atom stereocenters. The summed E-state index contributed by atoms with van der Waals surface area (Å²) in [5.41, 5.74) is 0. The number of nitrogens with one attached hydrogen (secondary N) is 1. The van der Waals surface area contributed by atoms with Gasteiger partial charge in [-0.3, -0.25) is 4.79 Å². The molecule has 1 atom stereocenters. The van der Waals surface area contributed by atoms with Crippen LogP contribution >= 0.6 is 11.3 Å². The molecule has 7 heteroatoms. The van der Waals surface area contributed by atoms with Crippen molar-refractivity contribution in [2.24, 2.45) is 0 Å². The van der Waals surface area contributed by atoms with Crippen LogP contribution in [0.15, 0.2) is 0 Å². The predicted octanol–water partition coefficient (Wildman–Crippen LogP) is 1.14.